The number of fused-ring (bicyclic) bond motifs is 1. The van der Waals surface area contributed by atoms with E-state index in [0.717, 1.165) is 6.20 Å². The summed E-state index contributed by atoms with van der Waals surface area (Å²) in [5, 5.41) is 12.0. The minimum atomic E-state index is -4.71. The number of carbonyl (C=O) groups is 1. The molecular weight excluding hydrogens is 423 g/mol. The van der Waals surface area contributed by atoms with E-state index < -0.39 is 58.9 Å². The molecule has 2 fully saturated rings. The lowest BCUT2D eigenvalue weighted by Gasteiger charge is -2.52. The number of aliphatic hydroxyl groups is 1. The van der Waals surface area contributed by atoms with Crippen LogP contribution in [0.5, 0.6) is 0 Å². The highest BCUT2D eigenvalue weighted by molar-refractivity contribution is 5.83. The molecule has 2 saturated heterocycles. The van der Waals surface area contributed by atoms with Crippen LogP contribution in [-0.2, 0) is 25.1 Å². The van der Waals surface area contributed by atoms with E-state index in [9.17, 15) is 23.1 Å². The number of ether oxygens (including phenoxy) is 4. The minimum absolute atomic E-state index is 0.102. The second kappa shape index (κ2) is 7.84. The molecular formula is C19H26F3N3O6. The van der Waals surface area contributed by atoms with E-state index in [1.807, 2.05) is 20.8 Å². The zero-order valence-electron chi connectivity index (χ0n) is 17.8. The number of amides is 1. The third-order valence-corrected chi connectivity index (χ3v) is 5.28. The monoisotopic (exact) mass is 449 g/mol. The Hall–Kier alpha value is -2.02. The number of nitrogens with zero attached hydrogens (tertiary/aromatic N) is 2. The summed E-state index contributed by atoms with van der Waals surface area (Å²) in [6.07, 6.45) is -6.75. The maximum absolute atomic E-state index is 12.8. The van der Waals surface area contributed by atoms with Gasteiger partial charge < -0.3 is 24.1 Å². The van der Waals surface area contributed by atoms with Crippen LogP contribution in [0.1, 0.15) is 40.3 Å². The van der Waals surface area contributed by atoms with Gasteiger partial charge in [-0.3, -0.25) is 10.3 Å². The van der Waals surface area contributed by atoms with Gasteiger partial charge in [0, 0.05) is 0 Å². The molecule has 0 saturated carbocycles. The largest absolute Gasteiger partial charge is 0.441 e. The fraction of sp³-hybridized carbons (Fsp3) is 0.737. The number of carbonyl (C=O) groups excluding carboxylic acids is 1. The van der Waals surface area contributed by atoms with E-state index in [1.54, 1.807) is 13.8 Å². The fourth-order valence-corrected chi connectivity index (χ4v) is 4.09. The van der Waals surface area contributed by atoms with E-state index in [4.69, 9.17) is 18.9 Å². The van der Waals surface area contributed by atoms with Gasteiger partial charge in [-0.05, 0) is 19.3 Å². The summed E-state index contributed by atoms with van der Waals surface area (Å²) in [4.78, 5) is 19.2. The van der Waals surface area contributed by atoms with Gasteiger partial charge in [0.05, 0.1) is 25.6 Å². The van der Waals surface area contributed by atoms with Crippen LogP contribution < -0.4 is 5.32 Å². The Balaban J connectivity index is 1.81. The van der Waals surface area contributed by atoms with Gasteiger partial charge in [-0.15, -0.1) is 0 Å². The molecule has 0 aliphatic carbocycles. The predicted octanol–water partition coefficient (Wildman–Crippen LogP) is 2.74. The van der Waals surface area contributed by atoms with Gasteiger partial charge in [-0.1, -0.05) is 20.8 Å². The predicted molar refractivity (Wildman–Crippen MR) is 100.0 cm³/mol. The van der Waals surface area contributed by atoms with Crippen LogP contribution in [0.3, 0.4) is 0 Å². The summed E-state index contributed by atoms with van der Waals surface area (Å²) in [5.74, 6) is -1.47. The average Bonchev–Trinajstić information content (AvgIpc) is 2.94. The number of nitrogens with one attached hydrogen (secondary N) is 1. The van der Waals surface area contributed by atoms with E-state index in [0.29, 0.717) is 6.20 Å². The normalized spacial score (nSPS) is 30.5. The number of alkyl halides is 3. The summed E-state index contributed by atoms with van der Waals surface area (Å²) in [6.45, 7) is 8.61. The van der Waals surface area contributed by atoms with Crippen molar-refractivity contribution in [3.8, 4) is 0 Å². The standard InChI is InChI=1S/C19H26F3N3O6/c1-16(2,3)18-12(8-26)28-9-10(14(18)30-17(4,5)31-18)29-15(27)25-13-7-23-6-11(24-13)19(20,21)22/h6-7,10,12,14,26H,8-9H2,1-5H3,(H,24,25,27)/t10-,12+,14+,18+/m0/s1. The molecule has 1 amide bonds. The van der Waals surface area contributed by atoms with Crippen molar-refractivity contribution < 1.29 is 42.0 Å². The van der Waals surface area contributed by atoms with Crippen molar-refractivity contribution in [1.29, 1.82) is 0 Å². The van der Waals surface area contributed by atoms with Crippen molar-refractivity contribution in [2.45, 2.75) is 70.5 Å². The molecule has 31 heavy (non-hydrogen) atoms. The van der Waals surface area contributed by atoms with Gasteiger partial charge in [0.2, 0.25) is 0 Å². The highest BCUT2D eigenvalue weighted by atomic mass is 19.4. The lowest BCUT2D eigenvalue weighted by Crippen LogP contribution is -2.68. The van der Waals surface area contributed by atoms with Gasteiger partial charge in [0.15, 0.2) is 23.4 Å². The number of anilines is 1. The quantitative estimate of drug-likeness (QED) is 0.725. The van der Waals surface area contributed by atoms with Crippen LogP contribution in [0.4, 0.5) is 23.8 Å². The summed E-state index contributed by atoms with van der Waals surface area (Å²) in [5.41, 5.74) is -2.99. The number of aromatic nitrogens is 2. The van der Waals surface area contributed by atoms with Crippen LogP contribution >= 0.6 is 0 Å². The molecule has 0 bridgehead atoms. The van der Waals surface area contributed by atoms with Gasteiger partial charge in [-0.2, -0.15) is 13.2 Å². The maximum Gasteiger partial charge on any atom is 0.434 e. The molecule has 2 N–H and O–H groups in total. The molecule has 12 heteroatoms. The van der Waals surface area contributed by atoms with Crippen LogP contribution in [0.25, 0.3) is 0 Å². The molecule has 1 aromatic rings. The third kappa shape index (κ3) is 4.47. The van der Waals surface area contributed by atoms with E-state index in [1.165, 1.54) is 0 Å². The topological polar surface area (TPSA) is 112 Å². The van der Waals surface area contributed by atoms with Crippen molar-refractivity contribution in [2.75, 3.05) is 18.5 Å². The molecule has 0 unspecified atom stereocenters. The van der Waals surface area contributed by atoms with Crippen molar-refractivity contribution in [2.24, 2.45) is 5.41 Å². The molecule has 0 radical (unpaired) electrons. The third-order valence-electron chi connectivity index (χ3n) is 5.28. The van der Waals surface area contributed by atoms with Crippen LogP contribution in [0.15, 0.2) is 12.4 Å². The SMILES string of the molecule is CC1(C)O[C@@H]2[C@@H](OC(=O)Nc3cncc(C(F)(F)F)n3)CO[C@H](CO)[C@@]2(C(C)(C)C)O1. The molecule has 4 atom stereocenters. The van der Waals surface area contributed by atoms with Crippen molar-refractivity contribution in [1.82, 2.24) is 9.97 Å². The van der Waals surface area contributed by atoms with Crippen LogP contribution in [-0.4, -0.2) is 64.1 Å². The molecule has 9 nitrogen and oxygen atoms in total. The molecule has 3 heterocycles. The zero-order valence-corrected chi connectivity index (χ0v) is 17.8. The zero-order chi connectivity index (χ0) is 23.2. The Bertz CT molecular complexity index is 829. The second-order valence-electron chi connectivity index (χ2n) is 8.94. The Kier molecular flexibility index (Phi) is 5.98. The number of halogens is 3. The minimum Gasteiger partial charge on any atom is -0.441 e. The Morgan fingerprint density at radius 3 is 2.58 bits per heavy atom. The molecule has 1 aromatic heterocycles. The Labute approximate surface area is 177 Å². The van der Waals surface area contributed by atoms with Gasteiger partial charge in [0.1, 0.15) is 17.8 Å². The van der Waals surface area contributed by atoms with E-state index in [2.05, 4.69) is 15.3 Å². The molecule has 0 aromatic carbocycles. The van der Waals surface area contributed by atoms with Gasteiger partial charge >= 0.3 is 12.3 Å². The number of aliphatic hydroxyl groups excluding tert-OH is 1. The number of hydrogen-bond acceptors (Lipinski definition) is 8. The first-order valence-electron chi connectivity index (χ1n) is 9.67. The van der Waals surface area contributed by atoms with Crippen LogP contribution in [0, 0.1) is 5.41 Å². The first kappa shape index (κ1) is 23.6. The second-order valence-corrected chi connectivity index (χ2v) is 8.94. The lowest BCUT2D eigenvalue weighted by molar-refractivity contribution is -0.253. The average molecular weight is 449 g/mol. The number of rotatable bonds is 3. The maximum atomic E-state index is 12.8. The van der Waals surface area contributed by atoms with Gasteiger partial charge in [-0.25, -0.2) is 9.78 Å². The lowest BCUT2D eigenvalue weighted by atomic mass is 9.67. The summed E-state index contributed by atoms with van der Waals surface area (Å²) >= 11 is 0. The molecule has 0 spiro atoms. The number of hydrogen-bond donors (Lipinski definition) is 2. The van der Waals surface area contributed by atoms with Crippen molar-refractivity contribution in [3.63, 3.8) is 0 Å². The summed E-state index contributed by atoms with van der Waals surface area (Å²) in [6, 6.07) is 0. The van der Waals surface area contributed by atoms with Crippen molar-refractivity contribution in [3.05, 3.63) is 18.1 Å². The van der Waals surface area contributed by atoms with E-state index in [-0.39, 0.29) is 13.2 Å². The highest BCUT2D eigenvalue weighted by Gasteiger charge is 2.68. The smallest absolute Gasteiger partial charge is 0.434 e. The Morgan fingerprint density at radius 1 is 1.32 bits per heavy atom. The summed E-state index contributed by atoms with van der Waals surface area (Å²) < 4.78 is 61.9. The Morgan fingerprint density at radius 2 is 2.00 bits per heavy atom. The first-order valence-corrected chi connectivity index (χ1v) is 9.67. The van der Waals surface area contributed by atoms with Crippen molar-refractivity contribution >= 4 is 11.9 Å². The fourth-order valence-electron chi connectivity index (χ4n) is 4.09. The van der Waals surface area contributed by atoms with Gasteiger partial charge in [0.25, 0.3) is 0 Å². The van der Waals surface area contributed by atoms with Crippen LogP contribution in [0.2, 0.25) is 0 Å². The molecule has 174 valence electrons. The first-order chi connectivity index (χ1) is 14.2. The molecule has 2 aliphatic rings. The molecule has 2 aliphatic heterocycles. The van der Waals surface area contributed by atoms with E-state index >= 15 is 0 Å². The summed E-state index contributed by atoms with van der Waals surface area (Å²) in [7, 11) is 0. The highest BCUT2D eigenvalue weighted by Crippen LogP contribution is 2.53. The molecule has 3 rings (SSSR count).